The van der Waals surface area contributed by atoms with E-state index in [1.54, 1.807) is 11.1 Å². The summed E-state index contributed by atoms with van der Waals surface area (Å²) in [4.78, 5) is 12.5. The Bertz CT molecular complexity index is 594. The van der Waals surface area contributed by atoms with E-state index in [1.165, 1.54) is 12.8 Å². The van der Waals surface area contributed by atoms with Crippen LogP contribution in [0.4, 0.5) is 0 Å². The number of hydrogen-bond acceptors (Lipinski definition) is 3. The zero-order valence-electron chi connectivity index (χ0n) is 15.1. The molecular formula is C21H30O3. The molecule has 0 aromatic carbocycles. The summed E-state index contributed by atoms with van der Waals surface area (Å²) in [5, 5.41) is 0. The van der Waals surface area contributed by atoms with Crippen LogP contribution >= 0.6 is 0 Å². The van der Waals surface area contributed by atoms with Gasteiger partial charge in [-0.1, -0.05) is 25.0 Å². The molecule has 0 radical (unpaired) electrons. The maximum absolute atomic E-state index is 12.5. The van der Waals surface area contributed by atoms with Gasteiger partial charge in [0.2, 0.25) is 0 Å². The molecule has 3 nitrogen and oxygen atoms in total. The quantitative estimate of drug-likeness (QED) is 0.632. The van der Waals surface area contributed by atoms with Crippen LogP contribution in [0.1, 0.15) is 58.8 Å². The molecule has 0 amide bonds. The number of Topliss-reactive ketones (excluding diaryl/α,β-unsaturated/α-hetero) is 1. The van der Waals surface area contributed by atoms with E-state index >= 15 is 0 Å². The smallest absolute Gasteiger partial charge is 0.139 e. The van der Waals surface area contributed by atoms with E-state index in [4.69, 9.17) is 9.47 Å². The van der Waals surface area contributed by atoms with Gasteiger partial charge < -0.3 is 9.47 Å². The van der Waals surface area contributed by atoms with E-state index in [0.29, 0.717) is 29.6 Å². The van der Waals surface area contributed by atoms with Gasteiger partial charge in [-0.3, -0.25) is 4.79 Å². The number of hydrogen-bond donors (Lipinski definition) is 0. The molecule has 2 saturated carbocycles. The molecule has 1 saturated heterocycles. The second-order valence-corrected chi connectivity index (χ2v) is 9.25. The highest BCUT2D eigenvalue weighted by atomic mass is 16.6. The van der Waals surface area contributed by atoms with Crippen LogP contribution < -0.4 is 0 Å². The van der Waals surface area contributed by atoms with E-state index in [0.717, 1.165) is 51.2 Å². The number of ether oxygens (including phenoxy) is 2. The van der Waals surface area contributed by atoms with Crippen LogP contribution in [0, 0.1) is 29.1 Å². The second-order valence-electron chi connectivity index (χ2n) is 9.25. The molecular weight excluding hydrogens is 300 g/mol. The van der Waals surface area contributed by atoms with Gasteiger partial charge in [-0.25, -0.2) is 0 Å². The second kappa shape index (κ2) is 5.41. The molecule has 0 spiro atoms. The minimum Gasteiger partial charge on any atom is -0.373 e. The lowest BCUT2D eigenvalue weighted by molar-refractivity contribution is -0.146. The number of rotatable bonds is 0. The largest absolute Gasteiger partial charge is 0.373 e. The molecule has 4 aliphatic carbocycles. The van der Waals surface area contributed by atoms with Crippen molar-refractivity contribution in [1.82, 2.24) is 0 Å². The summed E-state index contributed by atoms with van der Waals surface area (Å²) in [6.07, 6.45) is 8.26. The molecule has 3 heteroatoms. The molecule has 24 heavy (non-hydrogen) atoms. The third-order valence-corrected chi connectivity index (χ3v) is 8.20. The van der Waals surface area contributed by atoms with Crippen molar-refractivity contribution in [3.63, 3.8) is 0 Å². The predicted molar refractivity (Wildman–Crippen MR) is 91.6 cm³/mol. The highest BCUT2D eigenvalue weighted by molar-refractivity contribution is 5.87. The summed E-state index contributed by atoms with van der Waals surface area (Å²) < 4.78 is 12.0. The van der Waals surface area contributed by atoms with Crippen LogP contribution in [0.3, 0.4) is 0 Å². The van der Waals surface area contributed by atoms with E-state index in [1.807, 2.05) is 0 Å². The summed E-state index contributed by atoms with van der Waals surface area (Å²) in [5.41, 5.74) is 3.38. The van der Waals surface area contributed by atoms with Crippen LogP contribution in [0.5, 0.6) is 0 Å². The number of carbonyl (C=O) groups is 1. The monoisotopic (exact) mass is 330 g/mol. The summed E-state index contributed by atoms with van der Waals surface area (Å²) in [7, 11) is 0. The van der Waals surface area contributed by atoms with Crippen LogP contribution in [0.25, 0.3) is 0 Å². The minimum atomic E-state index is -0.0187. The van der Waals surface area contributed by atoms with Gasteiger partial charge in [-0.05, 0) is 62.2 Å². The van der Waals surface area contributed by atoms with Crippen LogP contribution in [0.2, 0.25) is 0 Å². The van der Waals surface area contributed by atoms with Crippen molar-refractivity contribution < 1.29 is 14.3 Å². The average molecular weight is 330 g/mol. The van der Waals surface area contributed by atoms with Gasteiger partial charge in [-0.2, -0.15) is 0 Å². The Morgan fingerprint density at radius 1 is 1.04 bits per heavy atom. The molecule has 1 aliphatic heterocycles. The molecule has 3 fully saturated rings. The molecule has 3 unspecified atom stereocenters. The molecule has 5 aliphatic rings. The third kappa shape index (κ3) is 2.07. The average Bonchev–Trinajstić information content (AvgIpc) is 2.88. The summed E-state index contributed by atoms with van der Waals surface area (Å²) in [6.45, 7) is 6.23. The minimum absolute atomic E-state index is 0.0187. The standard InChI is InChI=1S/C21H30O3/c1-12-9-13-10-17-18(24-8-7-23-17)11-15(13)14-5-6-21(2)16(20(12)14)3-4-19(21)22/h12,14,16-18,20H,3-11H2,1-2H3/t12?,14-,16+,17?,18?,20-,21+/m1/s1. The Morgan fingerprint density at radius 2 is 1.79 bits per heavy atom. The molecule has 0 aromatic heterocycles. The number of fused-ring (bicyclic) bond motifs is 5. The Hall–Kier alpha value is -0.670. The SMILES string of the molecule is CC1CC2=C(CC3OCCOC3C2)[C@H]2CC[C@]3(C)C(=O)CC[C@H]3[C@H]12. The van der Waals surface area contributed by atoms with Gasteiger partial charge >= 0.3 is 0 Å². The first-order valence-electron chi connectivity index (χ1n) is 10.0. The fourth-order valence-corrected chi connectivity index (χ4v) is 7.05. The lowest BCUT2D eigenvalue weighted by Gasteiger charge is -2.53. The number of carbonyl (C=O) groups excluding carboxylic acids is 1. The van der Waals surface area contributed by atoms with Crippen molar-refractivity contribution in [3.05, 3.63) is 11.1 Å². The van der Waals surface area contributed by atoms with Crippen molar-refractivity contribution in [2.75, 3.05) is 13.2 Å². The highest BCUT2D eigenvalue weighted by Gasteiger charge is 2.57. The highest BCUT2D eigenvalue weighted by Crippen LogP contribution is 2.61. The van der Waals surface area contributed by atoms with Crippen LogP contribution in [-0.2, 0) is 14.3 Å². The fourth-order valence-electron chi connectivity index (χ4n) is 7.05. The van der Waals surface area contributed by atoms with E-state index in [-0.39, 0.29) is 11.5 Å². The Labute approximate surface area is 145 Å². The zero-order valence-corrected chi connectivity index (χ0v) is 15.1. The fraction of sp³-hybridized carbons (Fsp3) is 0.857. The normalized spacial score (nSPS) is 50.8. The van der Waals surface area contributed by atoms with Crippen LogP contribution in [-0.4, -0.2) is 31.2 Å². The molecule has 0 N–H and O–H groups in total. The van der Waals surface area contributed by atoms with E-state index < -0.39 is 0 Å². The Balaban J connectivity index is 1.48. The lowest BCUT2D eigenvalue weighted by atomic mass is 9.51. The van der Waals surface area contributed by atoms with Gasteiger partial charge in [0, 0.05) is 11.8 Å². The zero-order chi connectivity index (χ0) is 16.5. The molecule has 0 bridgehead atoms. The van der Waals surface area contributed by atoms with Gasteiger partial charge in [0.1, 0.15) is 5.78 Å². The Kier molecular flexibility index (Phi) is 3.51. The van der Waals surface area contributed by atoms with E-state index in [2.05, 4.69) is 13.8 Å². The van der Waals surface area contributed by atoms with Gasteiger partial charge in [0.05, 0.1) is 25.4 Å². The van der Waals surface area contributed by atoms with Crippen molar-refractivity contribution >= 4 is 5.78 Å². The maximum Gasteiger partial charge on any atom is 0.139 e. The molecule has 7 atom stereocenters. The maximum atomic E-state index is 12.5. The summed E-state index contributed by atoms with van der Waals surface area (Å²) in [5.74, 6) is 3.30. The third-order valence-electron chi connectivity index (χ3n) is 8.20. The first-order chi connectivity index (χ1) is 11.6. The topological polar surface area (TPSA) is 35.5 Å². The van der Waals surface area contributed by atoms with E-state index in [9.17, 15) is 4.79 Å². The van der Waals surface area contributed by atoms with Gasteiger partial charge in [-0.15, -0.1) is 0 Å². The van der Waals surface area contributed by atoms with Gasteiger partial charge in [0.15, 0.2) is 0 Å². The van der Waals surface area contributed by atoms with Crippen molar-refractivity contribution in [2.45, 2.75) is 71.0 Å². The molecule has 132 valence electrons. The first-order valence-corrected chi connectivity index (χ1v) is 10.0. The van der Waals surface area contributed by atoms with Crippen molar-refractivity contribution in [3.8, 4) is 0 Å². The van der Waals surface area contributed by atoms with Crippen LogP contribution in [0.15, 0.2) is 11.1 Å². The first kappa shape index (κ1) is 15.6. The molecule has 1 heterocycles. The number of ketones is 1. The molecule has 0 aromatic rings. The van der Waals surface area contributed by atoms with Crippen molar-refractivity contribution in [1.29, 1.82) is 0 Å². The lowest BCUT2D eigenvalue weighted by Crippen LogP contribution is -2.49. The van der Waals surface area contributed by atoms with Gasteiger partial charge in [0.25, 0.3) is 0 Å². The molecule has 5 rings (SSSR count). The van der Waals surface area contributed by atoms with Crippen molar-refractivity contribution in [2.24, 2.45) is 29.1 Å². The Morgan fingerprint density at radius 3 is 2.58 bits per heavy atom. The summed E-state index contributed by atoms with van der Waals surface area (Å²) in [6, 6.07) is 0. The summed E-state index contributed by atoms with van der Waals surface area (Å²) >= 11 is 0. The predicted octanol–water partition coefficient (Wildman–Crippen LogP) is 3.91.